The van der Waals surface area contributed by atoms with Gasteiger partial charge in [-0.05, 0) is 6.07 Å². The van der Waals surface area contributed by atoms with Crippen LogP contribution < -0.4 is 10.1 Å². The fourth-order valence-corrected chi connectivity index (χ4v) is 1.49. The fourth-order valence-electron chi connectivity index (χ4n) is 1.49. The van der Waals surface area contributed by atoms with Crippen molar-refractivity contribution in [3.05, 3.63) is 29.8 Å². The maximum absolute atomic E-state index is 12.2. The van der Waals surface area contributed by atoms with Crippen molar-refractivity contribution in [3.8, 4) is 5.75 Å². The molecule has 0 aliphatic heterocycles. The Hall–Kier alpha value is -1.92. The molecule has 0 bridgehead atoms. The van der Waals surface area contributed by atoms with Crippen LogP contribution in [0.4, 0.5) is 13.2 Å². The minimum absolute atomic E-state index is 0.192. The average molecular weight is 275 g/mol. The number of hydrogen-bond donors (Lipinski definition) is 1. The number of benzene rings is 1. The van der Waals surface area contributed by atoms with E-state index in [1.165, 1.54) is 12.1 Å². The summed E-state index contributed by atoms with van der Waals surface area (Å²) >= 11 is 0. The van der Waals surface area contributed by atoms with Crippen LogP contribution in [0.2, 0.25) is 0 Å². The number of nitrogens with one attached hydrogen (secondary N) is 1. The zero-order valence-corrected chi connectivity index (χ0v) is 11.0. The molecule has 1 aromatic carbocycles. The van der Waals surface area contributed by atoms with Crippen LogP contribution in [0.5, 0.6) is 5.75 Å². The Morgan fingerprint density at radius 2 is 1.95 bits per heavy atom. The first-order valence-corrected chi connectivity index (χ1v) is 5.55. The van der Waals surface area contributed by atoms with E-state index in [4.69, 9.17) is 0 Å². The highest BCUT2D eigenvalue weighted by atomic mass is 19.4. The largest absolute Gasteiger partial charge is 0.573 e. The zero-order valence-electron chi connectivity index (χ0n) is 11.0. The molecule has 0 heterocycles. The Labute approximate surface area is 109 Å². The Morgan fingerprint density at radius 3 is 2.47 bits per heavy atom. The van der Waals surface area contributed by atoms with Gasteiger partial charge >= 0.3 is 6.36 Å². The molecule has 1 rings (SSSR count). The number of para-hydroxylation sites is 1. The molecule has 1 aromatic rings. The molecule has 0 spiro atoms. The van der Waals surface area contributed by atoms with Crippen LogP contribution in [0.3, 0.4) is 0 Å². The second-order valence-electron chi connectivity index (χ2n) is 3.95. The summed E-state index contributed by atoms with van der Waals surface area (Å²) in [5, 5.41) is 2.94. The molecule has 0 saturated carbocycles. The van der Waals surface area contributed by atoms with Gasteiger partial charge in [0.25, 0.3) is 0 Å². The second kappa shape index (κ2) is 6.31. The van der Waals surface area contributed by atoms with Crippen LogP contribution in [-0.2, 0) is 6.54 Å². The van der Waals surface area contributed by atoms with E-state index in [9.17, 15) is 13.2 Å². The molecule has 0 unspecified atom stereocenters. The third kappa shape index (κ3) is 5.07. The number of ether oxygens (including phenoxy) is 1. The van der Waals surface area contributed by atoms with Gasteiger partial charge in [-0.2, -0.15) is 0 Å². The number of alkyl halides is 3. The fraction of sp³-hybridized carbons (Fsp3) is 0.417. The van der Waals surface area contributed by atoms with Gasteiger partial charge in [0.05, 0.1) is 0 Å². The minimum atomic E-state index is -4.70. The quantitative estimate of drug-likeness (QED) is 0.679. The molecular weight excluding hydrogens is 259 g/mol. The highest BCUT2D eigenvalue weighted by Gasteiger charge is 2.31. The van der Waals surface area contributed by atoms with Gasteiger partial charge in [-0.3, -0.25) is 4.99 Å². The summed E-state index contributed by atoms with van der Waals surface area (Å²) in [5.41, 5.74) is 0.405. The van der Waals surface area contributed by atoms with Crippen LogP contribution in [0, 0.1) is 0 Å². The van der Waals surface area contributed by atoms with Gasteiger partial charge in [0.2, 0.25) is 0 Å². The lowest BCUT2D eigenvalue weighted by atomic mass is 10.2. The van der Waals surface area contributed by atoms with Crippen molar-refractivity contribution in [1.82, 2.24) is 10.2 Å². The molecular formula is C12H16F3N3O. The standard InChI is InChI=1S/C12H16F3N3O/c1-16-11(18(2)3)17-8-9-6-4-5-7-10(9)19-12(13,14)15/h4-7H,8H2,1-3H3,(H,16,17). The number of rotatable bonds is 3. The van der Waals surface area contributed by atoms with Crippen molar-refractivity contribution >= 4 is 5.96 Å². The van der Waals surface area contributed by atoms with Crippen LogP contribution >= 0.6 is 0 Å². The summed E-state index contributed by atoms with van der Waals surface area (Å²) in [6.07, 6.45) is -4.70. The molecule has 0 fully saturated rings. The van der Waals surface area contributed by atoms with Gasteiger partial charge in [-0.15, -0.1) is 13.2 Å². The molecule has 106 valence electrons. The first-order chi connectivity index (χ1) is 8.83. The maximum Gasteiger partial charge on any atom is 0.573 e. The molecule has 0 atom stereocenters. The van der Waals surface area contributed by atoms with Crippen LogP contribution in [0.1, 0.15) is 5.56 Å². The van der Waals surface area contributed by atoms with Crippen LogP contribution in [0.25, 0.3) is 0 Å². The van der Waals surface area contributed by atoms with Crippen LogP contribution in [0.15, 0.2) is 29.3 Å². The predicted molar refractivity (Wildman–Crippen MR) is 67.0 cm³/mol. The molecule has 0 amide bonds. The highest BCUT2D eigenvalue weighted by molar-refractivity contribution is 5.79. The van der Waals surface area contributed by atoms with Gasteiger partial charge in [-0.1, -0.05) is 18.2 Å². The SMILES string of the molecule is CN=C(NCc1ccccc1OC(F)(F)F)N(C)C. The molecule has 0 aliphatic rings. The lowest BCUT2D eigenvalue weighted by molar-refractivity contribution is -0.274. The van der Waals surface area contributed by atoms with E-state index in [0.29, 0.717) is 11.5 Å². The zero-order chi connectivity index (χ0) is 14.5. The third-order valence-corrected chi connectivity index (χ3v) is 2.27. The molecule has 4 nitrogen and oxygen atoms in total. The van der Waals surface area contributed by atoms with Gasteiger partial charge in [-0.25, -0.2) is 0 Å². The van der Waals surface area contributed by atoms with Crippen molar-refractivity contribution < 1.29 is 17.9 Å². The first kappa shape index (κ1) is 15.1. The van der Waals surface area contributed by atoms with Crippen molar-refractivity contribution in [3.63, 3.8) is 0 Å². The van der Waals surface area contributed by atoms with E-state index in [1.807, 2.05) is 0 Å². The molecule has 0 saturated heterocycles. The molecule has 7 heteroatoms. The summed E-state index contributed by atoms with van der Waals surface area (Å²) in [6.45, 7) is 0.192. The van der Waals surface area contributed by atoms with Gasteiger partial charge in [0.15, 0.2) is 5.96 Å². The Kier molecular flexibility index (Phi) is 5.02. The molecule has 19 heavy (non-hydrogen) atoms. The third-order valence-electron chi connectivity index (χ3n) is 2.27. The average Bonchev–Trinajstić information content (AvgIpc) is 2.29. The second-order valence-corrected chi connectivity index (χ2v) is 3.95. The van der Waals surface area contributed by atoms with Crippen LogP contribution in [-0.4, -0.2) is 38.4 Å². The minimum Gasteiger partial charge on any atom is -0.405 e. The van der Waals surface area contributed by atoms with E-state index in [-0.39, 0.29) is 12.3 Å². The summed E-state index contributed by atoms with van der Waals surface area (Å²) in [6, 6.07) is 5.99. The summed E-state index contributed by atoms with van der Waals surface area (Å²) in [5.74, 6) is 0.360. The number of aliphatic imine (C=N–C) groups is 1. The molecule has 1 N–H and O–H groups in total. The molecule has 0 aliphatic carbocycles. The lowest BCUT2D eigenvalue weighted by Gasteiger charge is -2.18. The Balaban J connectivity index is 2.79. The van der Waals surface area contributed by atoms with E-state index >= 15 is 0 Å². The van der Waals surface area contributed by atoms with Gasteiger partial charge in [0.1, 0.15) is 5.75 Å². The summed E-state index contributed by atoms with van der Waals surface area (Å²) < 4.78 is 40.7. The van der Waals surface area contributed by atoms with E-state index in [0.717, 1.165) is 0 Å². The highest BCUT2D eigenvalue weighted by Crippen LogP contribution is 2.25. The number of guanidine groups is 1. The van der Waals surface area contributed by atoms with Gasteiger partial charge < -0.3 is 15.0 Å². The van der Waals surface area contributed by atoms with Crippen molar-refractivity contribution in [2.24, 2.45) is 4.99 Å². The first-order valence-electron chi connectivity index (χ1n) is 5.55. The van der Waals surface area contributed by atoms with Gasteiger partial charge in [0, 0.05) is 33.3 Å². The van der Waals surface area contributed by atoms with Crippen molar-refractivity contribution in [1.29, 1.82) is 0 Å². The van der Waals surface area contributed by atoms with E-state index in [2.05, 4.69) is 15.0 Å². The Morgan fingerprint density at radius 1 is 1.32 bits per heavy atom. The molecule has 0 aromatic heterocycles. The smallest absolute Gasteiger partial charge is 0.405 e. The normalized spacial score (nSPS) is 12.2. The monoisotopic (exact) mass is 275 g/mol. The topological polar surface area (TPSA) is 36.9 Å². The van der Waals surface area contributed by atoms with E-state index in [1.54, 1.807) is 38.2 Å². The number of nitrogens with zero attached hydrogens (tertiary/aromatic N) is 2. The van der Waals surface area contributed by atoms with Crippen molar-refractivity contribution in [2.75, 3.05) is 21.1 Å². The molecule has 0 radical (unpaired) electrons. The number of halogens is 3. The summed E-state index contributed by atoms with van der Waals surface area (Å²) in [4.78, 5) is 5.70. The lowest BCUT2D eigenvalue weighted by Crippen LogP contribution is -2.35. The Bertz CT molecular complexity index is 444. The van der Waals surface area contributed by atoms with Crippen molar-refractivity contribution in [2.45, 2.75) is 12.9 Å². The summed E-state index contributed by atoms with van der Waals surface area (Å²) in [7, 11) is 5.17. The predicted octanol–water partition coefficient (Wildman–Crippen LogP) is 2.22. The maximum atomic E-state index is 12.2. The number of hydrogen-bond acceptors (Lipinski definition) is 2. The van der Waals surface area contributed by atoms with E-state index < -0.39 is 6.36 Å².